The minimum Gasteiger partial charge on any atom is -0.313 e. The molecule has 0 radical (unpaired) electrons. The highest BCUT2D eigenvalue weighted by molar-refractivity contribution is 6.17. The molecular formula is C44H34N2. The molecule has 220 valence electrons. The quantitative estimate of drug-likeness (QED) is 0.190. The van der Waals surface area contributed by atoms with Crippen LogP contribution in [0, 0.1) is 11.8 Å². The summed E-state index contributed by atoms with van der Waals surface area (Å²) in [6.07, 6.45) is 4.88. The molecule has 8 aromatic rings. The summed E-state index contributed by atoms with van der Waals surface area (Å²) in [4.78, 5) is 0. The van der Waals surface area contributed by atoms with E-state index in [-0.39, 0.29) is 0 Å². The summed E-state index contributed by atoms with van der Waals surface area (Å²) in [5.41, 5.74) is 15.5. The molecule has 2 nitrogen and oxygen atoms in total. The zero-order valence-electron chi connectivity index (χ0n) is 26.2. The second-order valence-corrected chi connectivity index (χ2v) is 13.5. The summed E-state index contributed by atoms with van der Waals surface area (Å²) in [6, 6.07) is 47.7. The molecule has 46 heavy (non-hydrogen) atoms. The first-order valence-electron chi connectivity index (χ1n) is 16.7. The van der Waals surface area contributed by atoms with Crippen LogP contribution in [0.25, 0.3) is 88.4 Å². The predicted octanol–water partition coefficient (Wildman–Crippen LogP) is 12.1. The molecule has 2 aliphatic rings. The Morgan fingerprint density at radius 3 is 2.00 bits per heavy atom. The van der Waals surface area contributed by atoms with Gasteiger partial charge < -0.3 is 9.13 Å². The van der Waals surface area contributed by atoms with Crippen LogP contribution < -0.4 is 0 Å². The number of allylic oxidation sites excluding steroid dienone is 2. The summed E-state index contributed by atoms with van der Waals surface area (Å²) >= 11 is 0. The van der Waals surface area contributed by atoms with Crippen molar-refractivity contribution >= 4 is 49.3 Å². The normalized spacial score (nSPS) is 17.3. The molecule has 2 heteroatoms. The third kappa shape index (κ3) is 3.53. The molecule has 3 heterocycles. The van der Waals surface area contributed by atoms with Crippen LogP contribution in [0.2, 0.25) is 0 Å². The minimum atomic E-state index is 0.535. The highest BCUT2D eigenvalue weighted by atomic mass is 15.0. The summed E-state index contributed by atoms with van der Waals surface area (Å²) in [7, 11) is 0. The molecule has 0 amide bonds. The van der Waals surface area contributed by atoms with Crippen LogP contribution in [0.1, 0.15) is 26.7 Å². The van der Waals surface area contributed by atoms with E-state index in [1.54, 1.807) is 0 Å². The van der Waals surface area contributed by atoms with E-state index in [2.05, 4.69) is 156 Å². The maximum absolute atomic E-state index is 2.54. The van der Waals surface area contributed by atoms with Gasteiger partial charge in [-0.3, -0.25) is 0 Å². The SMILES string of the molecule is CC1CC=C(n2c3ccccc3c3cc(-c4ccc5c(c4)-c4cccc6c7ccccc7n(c46)-c4ccccc4-5)ccc32)C(C)C1. The fourth-order valence-corrected chi connectivity index (χ4v) is 8.65. The Hall–Kier alpha value is -5.34. The van der Waals surface area contributed by atoms with Crippen molar-refractivity contribution in [1.82, 2.24) is 9.13 Å². The molecule has 0 saturated heterocycles. The van der Waals surface area contributed by atoms with E-state index < -0.39 is 0 Å². The van der Waals surface area contributed by atoms with Gasteiger partial charge in [-0.1, -0.05) is 111 Å². The second kappa shape index (κ2) is 9.58. The molecule has 0 N–H and O–H groups in total. The lowest BCUT2D eigenvalue weighted by Crippen LogP contribution is -2.14. The summed E-state index contributed by atoms with van der Waals surface area (Å²) < 4.78 is 5.02. The average molecular weight is 591 g/mol. The van der Waals surface area contributed by atoms with Gasteiger partial charge in [-0.15, -0.1) is 0 Å². The third-order valence-electron chi connectivity index (χ3n) is 10.7. The summed E-state index contributed by atoms with van der Waals surface area (Å²) in [5.74, 6) is 1.28. The van der Waals surface area contributed by atoms with Gasteiger partial charge in [0.05, 0.1) is 27.8 Å². The lowest BCUT2D eigenvalue weighted by Gasteiger charge is -2.27. The van der Waals surface area contributed by atoms with Gasteiger partial charge in [0.1, 0.15) is 0 Å². The van der Waals surface area contributed by atoms with E-state index in [1.165, 1.54) is 94.8 Å². The van der Waals surface area contributed by atoms with Crippen molar-refractivity contribution in [3.63, 3.8) is 0 Å². The van der Waals surface area contributed by atoms with Gasteiger partial charge in [-0.25, -0.2) is 0 Å². The Morgan fingerprint density at radius 2 is 1.15 bits per heavy atom. The third-order valence-corrected chi connectivity index (χ3v) is 10.7. The average Bonchev–Trinajstić information content (AvgIpc) is 3.56. The smallest absolute Gasteiger partial charge is 0.0619 e. The van der Waals surface area contributed by atoms with Crippen molar-refractivity contribution in [2.45, 2.75) is 26.7 Å². The molecule has 10 rings (SSSR count). The minimum absolute atomic E-state index is 0.535. The topological polar surface area (TPSA) is 9.86 Å². The Balaban J connectivity index is 1.22. The summed E-state index contributed by atoms with van der Waals surface area (Å²) in [5, 5.41) is 5.25. The molecule has 1 aliphatic heterocycles. The Kier molecular flexibility index (Phi) is 5.40. The van der Waals surface area contributed by atoms with E-state index >= 15 is 0 Å². The van der Waals surface area contributed by atoms with Crippen molar-refractivity contribution in [1.29, 1.82) is 0 Å². The maximum Gasteiger partial charge on any atom is 0.0619 e. The number of hydrogen-bond donors (Lipinski definition) is 0. The lowest BCUT2D eigenvalue weighted by molar-refractivity contribution is 0.451. The molecule has 0 spiro atoms. The van der Waals surface area contributed by atoms with E-state index in [9.17, 15) is 0 Å². The first-order valence-corrected chi connectivity index (χ1v) is 16.7. The zero-order valence-corrected chi connectivity index (χ0v) is 26.2. The lowest BCUT2D eigenvalue weighted by atomic mass is 9.86. The van der Waals surface area contributed by atoms with Crippen molar-refractivity contribution < 1.29 is 0 Å². The number of nitrogens with zero attached hydrogens (tertiary/aromatic N) is 2. The molecule has 0 fully saturated rings. The van der Waals surface area contributed by atoms with Crippen LogP contribution in [0.4, 0.5) is 0 Å². The van der Waals surface area contributed by atoms with Crippen LogP contribution in [-0.4, -0.2) is 9.13 Å². The van der Waals surface area contributed by atoms with Crippen LogP contribution in [0.3, 0.4) is 0 Å². The van der Waals surface area contributed by atoms with Gasteiger partial charge in [-0.05, 0) is 83.3 Å². The fraction of sp³-hybridized carbons (Fsp3) is 0.136. The first kappa shape index (κ1) is 25.9. The standard InChI is InChI=1S/C44H34N2/c1-27-18-22-39(28(2)24-27)45-40-15-6-5-12-34(40)38-26-30(20-23-43(38)45)29-19-21-31-32-10-3-7-16-41(32)46-42-17-8-4-11-33(42)35-13-9-14-36(44(35)46)37(31)25-29/h3-17,19-23,25-28H,18,24H2,1-2H3. The second-order valence-electron chi connectivity index (χ2n) is 13.5. The van der Waals surface area contributed by atoms with E-state index in [0.717, 1.165) is 12.3 Å². The maximum atomic E-state index is 2.54. The van der Waals surface area contributed by atoms with Gasteiger partial charge in [-0.2, -0.15) is 0 Å². The van der Waals surface area contributed by atoms with Crippen LogP contribution in [0.5, 0.6) is 0 Å². The molecule has 1 aliphatic carbocycles. The van der Waals surface area contributed by atoms with Gasteiger partial charge in [0, 0.05) is 38.4 Å². The first-order chi connectivity index (χ1) is 22.7. The van der Waals surface area contributed by atoms with Crippen LogP contribution >= 0.6 is 0 Å². The van der Waals surface area contributed by atoms with E-state index in [4.69, 9.17) is 0 Å². The molecule has 2 atom stereocenters. The number of para-hydroxylation sites is 4. The highest BCUT2D eigenvalue weighted by Crippen LogP contribution is 2.48. The van der Waals surface area contributed by atoms with Gasteiger partial charge in [0.25, 0.3) is 0 Å². The van der Waals surface area contributed by atoms with Crippen LogP contribution in [-0.2, 0) is 0 Å². The van der Waals surface area contributed by atoms with Crippen molar-refractivity contribution in [2.75, 3.05) is 0 Å². The molecular weight excluding hydrogens is 556 g/mol. The predicted molar refractivity (Wildman–Crippen MR) is 195 cm³/mol. The monoisotopic (exact) mass is 590 g/mol. The number of benzene rings is 6. The fourth-order valence-electron chi connectivity index (χ4n) is 8.65. The molecule has 0 bridgehead atoms. The number of rotatable bonds is 2. The Morgan fingerprint density at radius 1 is 0.500 bits per heavy atom. The highest BCUT2D eigenvalue weighted by Gasteiger charge is 2.26. The van der Waals surface area contributed by atoms with Crippen molar-refractivity contribution in [3.05, 3.63) is 133 Å². The zero-order chi connectivity index (χ0) is 30.5. The number of hydrogen-bond acceptors (Lipinski definition) is 0. The molecule has 2 aromatic heterocycles. The van der Waals surface area contributed by atoms with Gasteiger partial charge in [0.15, 0.2) is 0 Å². The number of aromatic nitrogens is 2. The number of fused-ring (bicyclic) bond motifs is 11. The van der Waals surface area contributed by atoms with E-state index in [1.807, 2.05) is 0 Å². The Labute approximate surface area is 268 Å². The van der Waals surface area contributed by atoms with E-state index in [0.29, 0.717) is 5.92 Å². The largest absolute Gasteiger partial charge is 0.313 e. The molecule has 0 saturated carbocycles. The molecule has 2 unspecified atom stereocenters. The Bertz CT molecular complexity index is 2570. The van der Waals surface area contributed by atoms with Crippen molar-refractivity contribution in [3.8, 4) is 39.1 Å². The summed E-state index contributed by atoms with van der Waals surface area (Å²) in [6.45, 7) is 4.77. The van der Waals surface area contributed by atoms with Gasteiger partial charge in [0.2, 0.25) is 0 Å². The van der Waals surface area contributed by atoms with Gasteiger partial charge >= 0.3 is 0 Å². The molecule has 6 aromatic carbocycles. The van der Waals surface area contributed by atoms with Crippen molar-refractivity contribution in [2.24, 2.45) is 11.8 Å². The van der Waals surface area contributed by atoms with Crippen LogP contribution in [0.15, 0.2) is 133 Å².